The number of nitro groups is 1. The normalized spacial score (nSPS) is 12.4. The van der Waals surface area contributed by atoms with Gasteiger partial charge in [0.15, 0.2) is 6.61 Å². The molecule has 146 valence electrons. The Labute approximate surface area is 165 Å². The van der Waals surface area contributed by atoms with Crippen molar-refractivity contribution >= 4 is 34.2 Å². The van der Waals surface area contributed by atoms with Crippen LogP contribution in [-0.2, 0) is 22.4 Å². The van der Waals surface area contributed by atoms with Crippen molar-refractivity contribution in [3.05, 3.63) is 75.5 Å². The van der Waals surface area contributed by atoms with Gasteiger partial charge in [0.05, 0.1) is 16.0 Å². The van der Waals surface area contributed by atoms with E-state index in [0.29, 0.717) is 16.5 Å². The van der Waals surface area contributed by atoms with E-state index in [1.807, 2.05) is 24.3 Å². The molecule has 0 fully saturated rings. The number of amides is 1. The highest BCUT2D eigenvalue weighted by Crippen LogP contribution is 2.30. The SMILES string of the molecule is O=C(COC(=O)c1c2c(nc3ccccc13)CCC2)Nc1ccccc1[N+](=O)[O-]. The summed E-state index contributed by atoms with van der Waals surface area (Å²) < 4.78 is 5.25. The van der Waals surface area contributed by atoms with E-state index in [1.54, 1.807) is 6.07 Å². The number of hydrogen-bond donors (Lipinski definition) is 1. The Hall–Kier alpha value is -3.81. The Kier molecular flexibility index (Phi) is 4.90. The van der Waals surface area contributed by atoms with Gasteiger partial charge in [-0.15, -0.1) is 0 Å². The van der Waals surface area contributed by atoms with E-state index in [4.69, 9.17) is 4.74 Å². The number of nitro benzene ring substituents is 1. The van der Waals surface area contributed by atoms with Gasteiger partial charge in [0.25, 0.3) is 11.6 Å². The lowest BCUT2D eigenvalue weighted by atomic mass is 10.0. The molecule has 8 heteroatoms. The van der Waals surface area contributed by atoms with Crippen LogP contribution in [-0.4, -0.2) is 28.4 Å². The van der Waals surface area contributed by atoms with Gasteiger partial charge in [-0.3, -0.25) is 19.9 Å². The number of rotatable bonds is 5. The van der Waals surface area contributed by atoms with Crippen LogP contribution < -0.4 is 5.32 Å². The highest BCUT2D eigenvalue weighted by Gasteiger charge is 2.25. The van der Waals surface area contributed by atoms with Crippen molar-refractivity contribution in [1.82, 2.24) is 4.98 Å². The molecular formula is C21H17N3O5. The predicted octanol–water partition coefficient (Wildman–Crippen LogP) is 3.43. The summed E-state index contributed by atoms with van der Waals surface area (Å²) in [6, 6.07) is 13.1. The van der Waals surface area contributed by atoms with Crippen LogP contribution in [0.5, 0.6) is 0 Å². The number of carbonyl (C=O) groups excluding carboxylic acids is 2. The molecule has 2 aromatic carbocycles. The highest BCUT2D eigenvalue weighted by molar-refractivity contribution is 6.06. The second-order valence-electron chi connectivity index (χ2n) is 6.68. The lowest BCUT2D eigenvalue weighted by Gasteiger charge is -2.12. The zero-order chi connectivity index (χ0) is 20.4. The molecule has 3 aromatic rings. The molecule has 1 aliphatic carbocycles. The molecule has 1 heterocycles. The molecule has 0 spiro atoms. The fourth-order valence-electron chi connectivity index (χ4n) is 3.57. The van der Waals surface area contributed by atoms with Gasteiger partial charge in [-0.25, -0.2) is 4.79 Å². The topological polar surface area (TPSA) is 111 Å². The van der Waals surface area contributed by atoms with Gasteiger partial charge in [0.1, 0.15) is 5.69 Å². The van der Waals surface area contributed by atoms with Gasteiger partial charge < -0.3 is 10.1 Å². The van der Waals surface area contributed by atoms with Crippen LogP contribution in [0.15, 0.2) is 48.5 Å². The quantitative estimate of drug-likeness (QED) is 0.405. The van der Waals surface area contributed by atoms with Crippen molar-refractivity contribution in [2.24, 2.45) is 0 Å². The van der Waals surface area contributed by atoms with Crippen LogP contribution in [0.1, 0.15) is 28.0 Å². The smallest absolute Gasteiger partial charge is 0.339 e. The van der Waals surface area contributed by atoms with Gasteiger partial charge in [-0.1, -0.05) is 30.3 Å². The molecule has 1 amide bonds. The van der Waals surface area contributed by atoms with E-state index in [2.05, 4.69) is 10.3 Å². The maximum absolute atomic E-state index is 12.8. The van der Waals surface area contributed by atoms with Crippen molar-refractivity contribution in [1.29, 1.82) is 0 Å². The monoisotopic (exact) mass is 391 g/mol. The number of para-hydroxylation sites is 3. The molecule has 4 rings (SSSR count). The van der Waals surface area contributed by atoms with E-state index in [1.165, 1.54) is 18.2 Å². The van der Waals surface area contributed by atoms with Crippen molar-refractivity contribution in [3.8, 4) is 0 Å². The molecule has 8 nitrogen and oxygen atoms in total. The lowest BCUT2D eigenvalue weighted by molar-refractivity contribution is -0.383. The average Bonchev–Trinajstić information content (AvgIpc) is 3.18. The molecule has 1 aromatic heterocycles. The first-order valence-corrected chi connectivity index (χ1v) is 9.15. The van der Waals surface area contributed by atoms with Crippen LogP contribution in [0.2, 0.25) is 0 Å². The van der Waals surface area contributed by atoms with Crippen molar-refractivity contribution < 1.29 is 19.2 Å². The third kappa shape index (κ3) is 3.64. The van der Waals surface area contributed by atoms with E-state index < -0.39 is 23.4 Å². The number of nitrogens with zero attached hydrogens (tertiary/aromatic N) is 2. The summed E-state index contributed by atoms with van der Waals surface area (Å²) in [6.45, 7) is -0.545. The Bertz CT molecular complexity index is 1140. The average molecular weight is 391 g/mol. The number of aromatic nitrogens is 1. The van der Waals surface area contributed by atoms with Gasteiger partial charge in [-0.05, 0) is 37.0 Å². The summed E-state index contributed by atoms with van der Waals surface area (Å²) >= 11 is 0. The minimum atomic E-state index is -0.650. The molecule has 0 unspecified atom stereocenters. The Morgan fingerprint density at radius 3 is 2.69 bits per heavy atom. The molecule has 1 N–H and O–H groups in total. The van der Waals surface area contributed by atoms with Crippen LogP contribution in [0.25, 0.3) is 10.9 Å². The van der Waals surface area contributed by atoms with Gasteiger partial charge in [0.2, 0.25) is 0 Å². The zero-order valence-corrected chi connectivity index (χ0v) is 15.4. The minimum absolute atomic E-state index is 0.0498. The highest BCUT2D eigenvalue weighted by atomic mass is 16.6. The molecule has 29 heavy (non-hydrogen) atoms. The summed E-state index contributed by atoms with van der Waals surface area (Å²) in [6.07, 6.45) is 2.45. The summed E-state index contributed by atoms with van der Waals surface area (Å²) in [5.74, 6) is -1.25. The Balaban J connectivity index is 1.53. The molecular weight excluding hydrogens is 374 g/mol. The first-order valence-electron chi connectivity index (χ1n) is 9.15. The van der Waals surface area contributed by atoms with E-state index in [9.17, 15) is 19.7 Å². The second-order valence-corrected chi connectivity index (χ2v) is 6.68. The number of carbonyl (C=O) groups is 2. The summed E-state index contributed by atoms with van der Waals surface area (Å²) in [5, 5.41) is 14.2. The van der Waals surface area contributed by atoms with Crippen molar-refractivity contribution in [2.75, 3.05) is 11.9 Å². The number of hydrogen-bond acceptors (Lipinski definition) is 6. The molecule has 0 aliphatic heterocycles. The number of anilines is 1. The number of pyridine rings is 1. The zero-order valence-electron chi connectivity index (χ0n) is 15.4. The maximum atomic E-state index is 12.8. The van der Waals surface area contributed by atoms with Crippen molar-refractivity contribution in [2.45, 2.75) is 19.3 Å². The number of benzene rings is 2. The van der Waals surface area contributed by atoms with Crippen LogP contribution in [0.4, 0.5) is 11.4 Å². The number of nitrogens with one attached hydrogen (secondary N) is 1. The summed E-state index contributed by atoms with van der Waals surface area (Å²) in [7, 11) is 0. The first kappa shape index (κ1) is 18.5. The molecule has 0 saturated carbocycles. The number of fused-ring (bicyclic) bond motifs is 2. The number of ether oxygens (including phenoxy) is 1. The van der Waals surface area contributed by atoms with Gasteiger partial charge >= 0.3 is 5.97 Å². The van der Waals surface area contributed by atoms with Crippen LogP contribution in [0.3, 0.4) is 0 Å². The number of esters is 1. The molecule has 0 radical (unpaired) electrons. The third-order valence-corrected chi connectivity index (χ3v) is 4.83. The largest absolute Gasteiger partial charge is 0.452 e. The van der Waals surface area contributed by atoms with Gasteiger partial charge in [-0.2, -0.15) is 0 Å². The van der Waals surface area contributed by atoms with E-state index in [-0.39, 0.29) is 11.4 Å². The van der Waals surface area contributed by atoms with E-state index in [0.717, 1.165) is 30.5 Å². The van der Waals surface area contributed by atoms with Crippen LogP contribution >= 0.6 is 0 Å². The lowest BCUT2D eigenvalue weighted by Crippen LogP contribution is -2.22. The van der Waals surface area contributed by atoms with Crippen LogP contribution in [0, 0.1) is 10.1 Å². The first-order chi connectivity index (χ1) is 14.0. The molecule has 1 aliphatic rings. The third-order valence-electron chi connectivity index (χ3n) is 4.83. The molecule has 0 saturated heterocycles. The predicted molar refractivity (Wildman–Crippen MR) is 106 cm³/mol. The molecule has 0 atom stereocenters. The summed E-state index contributed by atoms with van der Waals surface area (Å²) in [4.78, 5) is 40.1. The second kappa shape index (κ2) is 7.67. The minimum Gasteiger partial charge on any atom is -0.452 e. The Morgan fingerprint density at radius 2 is 1.86 bits per heavy atom. The number of aryl methyl sites for hydroxylation is 1. The maximum Gasteiger partial charge on any atom is 0.339 e. The van der Waals surface area contributed by atoms with E-state index >= 15 is 0 Å². The fraction of sp³-hybridized carbons (Fsp3) is 0.190. The van der Waals surface area contributed by atoms with Crippen molar-refractivity contribution in [3.63, 3.8) is 0 Å². The molecule has 0 bridgehead atoms. The van der Waals surface area contributed by atoms with Gasteiger partial charge in [0, 0.05) is 17.1 Å². The summed E-state index contributed by atoms with van der Waals surface area (Å²) in [5.41, 5.74) is 2.73. The Morgan fingerprint density at radius 1 is 1.10 bits per heavy atom. The standard InChI is InChI=1S/C21H17N3O5/c25-19(23-17-9-3-4-11-18(17)24(27)28)12-29-21(26)20-13-6-1-2-8-15(13)22-16-10-5-7-14(16)20/h1-4,6,8-9,11H,5,7,10,12H2,(H,23,25). The fourth-order valence-corrected chi connectivity index (χ4v) is 3.57.